The highest BCUT2D eigenvalue weighted by Crippen LogP contribution is 2.32. The normalized spacial score (nSPS) is 11.7. The number of halogens is 1. The van der Waals surface area contributed by atoms with Crippen LogP contribution in [0.5, 0.6) is 0 Å². The lowest BCUT2D eigenvalue weighted by atomic mass is 9.97. The number of nitrogens with two attached hydrogens (primary N) is 1. The Hall–Kier alpha value is -3.24. The van der Waals surface area contributed by atoms with Gasteiger partial charge in [-0.2, -0.15) is 0 Å². The van der Waals surface area contributed by atoms with Crippen LogP contribution in [-0.4, -0.2) is 7.11 Å². The van der Waals surface area contributed by atoms with Crippen molar-refractivity contribution in [1.29, 1.82) is 0 Å². The number of allylic oxidation sites excluding steroid dienone is 5. The van der Waals surface area contributed by atoms with Crippen LogP contribution in [-0.2, 0) is 11.2 Å². The van der Waals surface area contributed by atoms with Crippen molar-refractivity contribution in [2.45, 2.75) is 34.1 Å². The number of hydrogen-bond acceptors (Lipinski definition) is 4. The maximum Gasteiger partial charge on any atom is 0.340 e. The second-order valence-electron chi connectivity index (χ2n) is 7.06. The van der Waals surface area contributed by atoms with Crippen LogP contribution in [0.15, 0.2) is 76.2 Å². The van der Waals surface area contributed by atoms with E-state index in [1.807, 2.05) is 70.2 Å². The maximum atomic E-state index is 12.8. The first-order valence-electron chi connectivity index (χ1n) is 10.5. The molecule has 0 saturated carbocycles. The van der Waals surface area contributed by atoms with E-state index in [1.165, 1.54) is 0 Å². The highest BCUT2D eigenvalue weighted by Gasteiger charge is 2.16. The van der Waals surface area contributed by atoms with Gasteiger partial charge in [0.15, 0.2) is 0 Å². The van der Waals surface area contributed by atoms with Gasteiger partial charge in [-0.05, 0) is 60.9 Å². The molecule has 0 aliphatic heterocycles. The number of anilines is 1. The highest BCUT2D eigenvalue weighted by molar-refractivity contribution is 6.33. The monoisotopic (exact) mass is 451 g/mol. The maximum absolute atomic E-state index is 12.8. The summed E-state index contributed by atoms with van der Waals surface area (Å²) in [7, 11) is 1.60. The lowest BCUT2D eigenvalue weighted by molar-refractivity contribution is 0.294. The molecule has 0 unspecified atom stereocenters. The zero-order valence-electron chi connectivity index (χ0n) is 19.3. The van der Waals surface area contributed by atoms with Gasteiger partial charge >= 0.3 is 5.63 Å². The standard InChI is InChI=1S/C25H24ClNO3.C2H6/c1-5-7-18(10-15(2)29-4)22-14-24-20(13-23(22)26)16(3)21(25(28)30-24)12-17-8-6-9-19(27)11-17;1-2/h5-11,13-14H,1,12,27H2,2-4H3;1-2H3/b15-10+,18-7+;. The summed E-state index contributed by atoms with van der Waals surface area (Å²) in [6, 6.07) is 11.1. The second kappa shape index (κ2) is 11.4. The Morgan fingerprint density at radius 2 is 1.97 bits per heavy atom. The minimum atomic E-state index is -0.367. The summed E-state index contributed by atoms with van der Waals surface area (Å²) in [5, 5.41) is 1.34. The summed E-state index contributed by atoms with van der Waals surface area (Å²) >= 11 is 6.62. The predicted octanol–water partition coefficient (Wildman–Crippen LogP) is 7.07. The predicted molar refractivity (Wildman–Crippen MR) is 136 cm³/mol. The molecule has 0 aliphatic carbocycles. The Kier molecular flexibility index (Phi) is 8.91. The smallest absolute Gasteiger partial charge is 0.340 e. The Bertz CT molecular complexity index is 1240. The van der Waals surface area contributed by atoms with E-state index in [0.717, 1.165) is 33.4 Å². The number of ether oxygens (including phenoxy) is 1. The molecule has 2 aromatic carbocycles. The quantitative estimate of drug-likeness (QED) is 0.188. The molecule has 3 aromatic rings. The van der Waals surface area contributed by atoms with Crippen LogP contribution in [0.25, 0.3) is 16.5 Å². The average Bonchev–Trinajstić information content (AvgIpc) is 2.78. The van der Waals surface area contributed by atoms with E-state index >= 15 is 0 Å². The summed E-state index contributed by atoms with van der Waals surface area (Å²) in [5.74, 6) is 0.717. The van der Waals surface area contributed by atoms with Crippen molar-refractivity contribution in [3.8, 4) is 0 Å². The van der Waals surface area contributed by atoms with E-state index in [4.69, 9.17) is 26.5 Å². The second-order valence-corrected chi connectivity index (χ2v) is 7.47. The molecule has 0 spiro atoms. The molecule has 1 aromatic heterocycles. The molecule has 3 rings (SSSR count). The molecule has 0 bridgehead atoms. The van der Waals surface area contributed by atoms with Crippen LogP contribution in [0.3, 0.4) is 0 Å². The van der Waals surface area contributed by atoms with Gasteiger partial charge < -0.3 is 14.9 Å². The summed E-state index contributed by atoms with van der Waals surface area (Å²) in [6.45, 7) is 11.5. The summed E-state index contributed by atoms with van der Waals surface area (Å²) in [5.41, 5.74) is 10.6. The number of benzene rings is 2. The molecule has 168 valence electrons. The molecule has 0 aliphatic rings. The molecule has 0 amide bonds. The van der Waals surface area contributed by atoms with E-state index in [0.29, 0.717) is 28.3 Å². The Morgan fingerprint density at radius 1 is 1.25 bits per heavy atom. The van der Waals surface area contributed by atoms with Crippen molar-refractivity contribution in [3.63, 3.8) is 0 Å². The van der Waals surface area contributed by atoms with Gasteiger partial charge in [0.2, 0.25) is 0 Å². The fourth-order valence-corrected chi connectivity index (χ4v) is 3.63. The molecule has 0 saturated heterocycles. The molecule has 4 nitrogen and oxygen atoms in total. The van der Waals surface area contributed by atoms with Crippen molar-refractivity contribution in [2.75, 3.05) is 12.8 Å². The Morgan fingerprint density at radius 3 is 2.59 bits per heavy atom. The van der Waals surface area contributed by atoms with Gasteiger partial charge in [0.05, 0.1) is 12.9 Å². The molecule has 0 fully saturated rings. The van der Waals surface area contributed by atoms with E-state index in [2.05, 4.69) is 6.58 Å². The van der Waals surface area contributed by atoms with Gasteiger partial charge in [-0.15, -0.1) is 0 Å². The van der Waals surface area contributed by atoms with Gasteiger partial charge in [0, 0.05) is 33.6 Å². The molecular formula is C27H30ClNO3. The first-order chi connectivity index (χ1) is 15.3. The van der Waals surface area contributed by atoms with E-state index in [1.54, 1.807) is 19.3 Å². The van der Waals surface area contributed by atoms with Crippen LogP contribution >= 0.6 is 11.6 Å². The molecule has 5 heteroatoms. The van der Waals surface area contributed by atoms with Crippen molar-refractivity contribution in [2.24, 2.45) is 0 Å². The zero-order valence-corrected chi connectivity index (χ0v) is 20.0. The van der Waals surface area contributed by atoms with E-state index < -0.39 is 0 Å². The Labute approximate surface area is 194 Å². The SMILES string of the molecule is C=C/C=C(\C=C(/C)OC)c1cc2oc(=O)c(Cc3cccc(N)c3)c(C)c2cc1Cl.CC. The molecule has 32 heavy (non-hydrogen) atoms. The molecule has 2 N–H and O–H groups in total. The lowest BCUT2D eigenvalue weighted by Gasteiger charge is -2.12. The van der Waals surface area contributed by atoms with Gasteiger partial charge in [0.25, 0.3) is 0 Å². The van der Waals surface area contributed by atoms with Crippen molar-refractivity contribution < 1.29 is 9.15 Å². The Balaban J connectivity index is 0.00000176. The number of nitrogen functional groups attached to an aromatic ring is 1. The first kappa shape index (κ1) is 25.0. The third-order valence-electron chi connectivity index (χ3n) is 5.00. The van der Waals surface area contributed by atoms with Crippen LogP contribution in [0.1, 0.15) is 43.0 Å². The van der Waals surface area contributed by atoms with Crippen LogP contribution in [0.4, 0.5) is 5.69 Å². The van der Waals surface area contributed by atoms with Crippen molar-refractivity contribution >= 4 is 33.8 Å². The summed E-state index contributed by atoms with van der Waals surface area (Å²) < 4.78 is 10.9. The van der Waals surface area contributed by atoms with Gasteiger partial charge in [0.1, 0.15) is 5.58 Å². The van der Waals surface area contributed by atoms with E-state index in [9.17, 15) is 4.79 Å². The number of aryl methyl sites for hydroxylation is 1. The third kappa shape index (κ3) is 5.71. The number of hydrogen-bond donors (Lipinski definition) is 1. The lowest BCUT2D eigenvalue weighted by Crippen LogP contribution is -2.11. The largest absolute Gasteiger partial charge is 0.501 e. The number of rotatable bonds is 6. The third-order valence-corrected chi connectivity index (χ3v) is 5.31. The topological polar surface area (TPSA) is 65.5 Å². The molecule has 0 atom stereocenters. The minimum absolute atomic E-state index is 0.367. The summed E-state index contributed by atoms with van der Waals surface area (Å²) in [4.78, 5) is 12.8. The van der Waals surface area contributed by atoms with Gasteiger partial charge in [-0.25, -0.2) is 4.79 Å². The van der Waals surface area contributed by atoms with Crippen molar-refractivity contribution in [1.82, 2.24) is 0 Å². The average molecular weight is 452 g/mol. The van der Waals surface area contributed by atoms with Crippen molar-refractivity contribution in [3.05, 3.63) is 105 Å². The van der Waals surface area contributed by atoms with Crippen LogP contribution in [0, 0.1) is 6.92 Å². The minimum Gasteiger partial charge on any atom is -0.501 e. The van der Waals surface area contributed by atoms with Crippen LogP contribution in [0.2, 0.25) is 5.02 Å². The highest BCUT2D eigenvalue weighted by atomic mass is 35.5. The molecule has 0 radical (unpaired) electrons. The number of fused-ring (bicyclic) bond motifs is 1. The molecular weight excluding hydrogens is 422 g/mol. The zero-order chi connectivity index (χ0) is 23.8. The van der Waals surface area contributed by atoms with Gasteiger partial charge in [-0.3, -0.25) is 0 Å². The summed E-state index contributed by atoms with van der Waals surface area (Å²) in [6.07, 6.45) is 5.79. The number of methoxy groups -OCH3 is 1. The molecule has 1 heterocycles. The first-order valence-corrected chi connectivity index (χ1v) is 10.9. The van der Waals surface area contributed by atoms with Crippen LogP contribution < -0.4 is 11.4 Å². The fourth-order valence-electron chi connectivity index (χ4n) is 3.36. The fraction of sp³-hybridized carbons (Fsp3) is 0.222. The van der Waals surface area contributed by atoms with Gasteiger partial charge in [-0.1, -0.05) is 56.3 Å². The van der Waals surface area contributed by atoms with E-state index in [-0.39, 0.29) is 5.63 Å².